The molecule has 0 radical (unpaired) electrons. The molecule has 3 aromatic rings. The van der Waals surface area contributed by atoms with Crippen molar-refractivity contribution >= 4 is 15.7 Å². The molecule has 8 heteroatoms. The fourth-order valence-electron chi connectivity index (χ4n) is 2.53. The monoisotopic (exact) mass is 385 g/mol. The largest absolute Gasteiger partial charge is 0.359 e. The van der Waals surface area contributed by atoms with Gasteiger partial charge in [0.25, 0.3) is 0 Å². The predicted molar refractivity (Wildman–Crippen MR) is 99.3 cm³/mol. The first-order valence-corrected chi connectivity index (χ1v) is 9.99. The molecular weight excluding hydrogens is 366 g/mol. The Balaban J connectivity index is 1.58. The molecule has 0 aliphatic rings. The number of carbonyl (C=O) groups excluding carboxylic acids is 1. The number of benzene rings is 1. The average molecular weight is 385 g/mol. The Bertz CT molecular complexity index is 1000. The Morgan fingerprint density at radius 1 is 1.11 bits per heavy atom. The lowest BCUT2D eigenvalue weighted by Gasteiger charge is -2.15. The Labute approximate surface area is 157 Å². The Kier molecular flexibility index (Phi) is 5.66. The highest BCUT2D eigenvalue weighted by Gasteiger charge is 2.19. The first-order chi connectivity index (χ1) is 13.0. The zero-order valence-electron chi connectivity index (χ0n) is 14.8. The van der Waals surface area contributed by atoms with E-state index in [0.29, 0.717) is 11.5 Å². The molecule has 2 heterocycles. The number of pyridine rings is 1. The SMILES string of the molecule is CN(Cc1cc(-c2ccncc2)no1)C(=O)CCS(=O)(=O)c1ccccc1. The van der Waals surface area contributed by atoms with Crippen LogP contribution in [0.15, 0.2) is 70.3 Å². The quantitative estimate of drug-likeness (QED) is 0.620. The number of hydrogen-bond donors (Lipinski definition) is 0. The van der Waals surface area contributed by atoms with Crippen molar-refractivity contribution in [3.63, 3.8) is 0 Å². The number of carbonyl (C=O) groups is 1. The molecule has 27 heavy (non-hydrogen) atoms. The first-order valence-electron chi connectivity index (χ1n) is 8.33. The average Bonchev–Trinajstić information content (AvgIpc) is 3.16. The molecule has 0 spiro atoms. The molecule has 0 fully saturated rings. The summed E-state index contributed by atoms with van der Waals surface area (Å²) in [4.78, 5) is 17.9. The summed E-state index contributed by atoms with van der Waals surface area (Å²) in [6.07, 6.45) is 3.22. The highest BCUT2D eigenvalue weighted by molar-refractivity contribution is 7.91. The van der Waals surface area contributed by atoms with Crippen LogP contribution in [0.4, 0.5) is 0 Å². The third-order valence-electron chi connectivity index (χ3n) is 4.04. The van der Waals surface area contributed by atoms with Gasteiger partial charge >= 0.3 is 0 Å². The van der Waals surface area contributed by atoms with Crippen LogP contribution in [0.25, 0.3) is 11.3 Å². The van der Waals surface area contributed by atoms with Gasteiger partial charge in [0, 0.05) is 37.5 Å². The normalized spacial score (nSPS) is 11.3. The van der Waals surface area contributed by atoms with Gasteiger partial charge in [0.2, 0.25) is 5.91 Å². The van der Waals surface area contributed by atoms with Crippen molar-refractivity contribution in [2.75, 3.05) is 12.8 Å². The fraction of sp³-hybridized carbons (Fsp3) is 0.211. The maximum atomic E-state index is 12.3. The summed E-state index contributed by atoms with van der Waals surface area (Å²) in [5.74, 6) is -0.00118. The smallest absolute Gasteiger partial charge is 0.223 e. The van der Waals surface area contributed by atoms with E-state index in [1.807, 2.05) is 12.1 Å². The summed E-state index contributed by atoms with van der Waals surface area (Å²) in [5.41, 5.74) is 1.52. The van der Waals surface area contributed by atoms with Crippen molar-refractivity contribution in [2.45, 2.75) is 17.9 Å². The minimum absolute atomic E-state index is 0.0981. The number of aromatic nitrogens is 2. The van der Waals surface area contributed by atoms with E-state index in [1.54, 1.807) is 43.7 Å². The number of nitrogens with zero attached hydrogens (tertiary/aromatic N) is 3. The molecule has 0 unspecified atom stereocenters. The van der Waals surface area contributed by atoms with Gasteiger partial charge in [-0.1, -0.05) is 23.4 Å². The highest BCUT2D eigenvalue weighted by Crippen LogP contribution is 2.19. The van der Waals surface area contributed by atoms with E-state index in [9.17, 15) is 13.2 Å². The summed E-state index contributed by atoms with van der Waals surface area (Å²) < 4.78 is 29.8. The van der Waals surface area contributed by atoms with Gasteiger partial charge in [0.15, 0.2) is 15.6 Å². The lowest BCUT2D eigenvalue weighted by Crippen LogP contribution is -2.27. The van der Waals surface area contributed by atoms with Crippen LogP contribution in [-0.4, -0.2) is 42.2 Å². The van der Waals surface area contributed by atoms with Crippen molar-refractivity contribution in [1.82, 2.24) is 15.0 Å². The van der Waals surface area contributed by atoms with Gasteiger partial charge in [-0.2, -0.15) is 0 Å². The molecular formula is C19H19N3O4S. The van der Waals surface area contributed by atoms with Crippen molar-refractivity contribution in [3.05, 3.63) is 66.7 Å². The lowest BCUT2D eigenvalue weighted by atomic mass is 10.2. The van der Waals surface area contributed by atoms with Crippen LogP contribution >= 0.6 is 0 Å². The third-order valence-corrected chi connectivity index (χ3v) is 5.77. The van der Waals surface area contributed by atoms with Gasteiger partial charge in [-0.25, -0.2) is 8.42 Å². The van der Waals surface area contributed by atoms with Crippen LogP contribution < -0.4 is 0 Å². The molecule has 0 saturated carbocycles. The summed E-state index contributed by atoms with van der Waals surface area (Å²) in [6, 6.07) is 13.5. The molecule has 0 atom stereocenters. The molecule has 1 aromatic carbocycles. The number of hydrogen-bond acceptors (Lipinski definition) is 6. The zero-order valence-corrected chi connectivity index (χ0v) is 15.6. The summed E-state index contributed by atoms with van der Waals surface area (Å²) in [5, 5.41) is 3.99. The molecule has 0 aliphatic carbocycles. The second kappa shape index (κ2) is 8.13. The van der Waals surface area contributed by atoms with Gasteiger partial charge in [-0.3, -0.25) is 9.78 Å². The molecule has 0 saturated heterocycles. The van der Waals surface area contributed by atoms with Crippen molar-refractivity contribution in [2.24, 2.45) is 0 Å². The molecule has 2 aromatic heterocycles. The number of rotatable bonds is 7. The van der Waals surface area contributed by atoms with Crippen LogP contribution in [0.5, 0.6) is 0 Å². The Hall–Kier alpha value is -3.00. The summed E-state index contributed by atoms with van der Waals surface area (Å²) in [6.45, 7) is 0.211. The summed E-state index contributed by atoms with van der Waals surface area (Å²) >= 11 is 0. The minimum atomic E-state index is -3.48. The third kappa shape index (κ3) is 4.79. The van der Waals surface area contributed by atoms with Crippen LogP contribution in [0, 0.1) is 0 Å². The van der Waals surface area contributed by atoms with Crippen LogP contribution in [-0.2, 0) is 21.2 Å². The lowest BCUT2D eigenvalue weighted by molar-refractivity contribution is -0.130. The maximum Gasteiger partial charge on any atom is 0.223 e. The first kappa shape index (κ1) is 18.8. The van der Waals surface area contributed by atoms with E-state index in [1.165, 1.54) is 17.0 Å². The zero-order chi connectivity index (χ0) is 19.3. The standard InChI is InChI=1S/C19H19N3O4S/c1-22(14-16-13-18(21-26-16)15-7-10-20-11-8-15)19(23)9-12-27(24,25)17-5-3-2-4-6-17/h2-8,10-11,13H,9,12,14H2,1H3. The van der Waals surface area contributed by atoms with Crippen molar-refractivity contribution in [3.8, 4) is 11.3 Å². The van der Waals surface area contributed by atoms with Gasteiger partial charge in [-0.05, 0) is 24.3 Å². The topological polar surface area (TPSA) is 93.4 Å². The minimum Gasteiger partial charge on any atom is -0.359 e. The number of amides is 1. The van der Waals surface area contributed by atoms with E-state index in [2.05, 4.69) is 10.1 Å². The second-order valence-electron chi connectivity index (χ2n) is 6.05. The Morgan fingerprint density at radius 2 is 1.81 bits per heavy atom. The van der Waals surface area contributed by atoms with Gasteiger partial charge in [-0.15, -0.1) is 0 Å². The van der Waals surface area contributed by atoms with Gasteiger partial charge in [0.05, 0.1) is 17.2 Å². The molecule has 1 amide bonds. The Morgan fingerprint density at radius 3 is 2.52 bits per heavy atom. The molecule has 3 rings (SSSR count). The van der Waals surface area contributed by atoms with E-state index in [4.69, 9.17) is 4.52 Å². The highest BCUT2D eigenvalue weighted by atomic mass is 32.2. The fourth-order valence-corrected chi connectivity index (χ4v) is 3.78. The van der Waals surface area contributed by atoms with E-state index in [-0.39, 0.29) is 29.5 Å². The molecule has 7 nitrogen and oxygen atoms in total. The molecule has 0 bridgehead atoms. The predicted octanol–water partition coefficient (Wildman–Crippen LogP) is 2.56. The van der Waals surface area contributed by atoms with E-state index < -0.39 is 9.84 Å². The van der Waals surface area contributed by atoms with Gasteiger partial charge < -0.3 is 9.42 Å². The van der Waals surface area contributed by atoms with Crippen molar-refractivity contribution < 1.29 is 17.7 Å². The number of sulfone groups is 1. The van der Waals surface area contributed by atoms with E-state index in [0.717, 1.165) is 5.56 Å². The van der Waals surface area contributed by atoms with Crippen LogP contribution in [0.3, 0.4) is 0 Å². The maximum absolute atomic E-state index is 12.3. The molecule has 140 valence electrons. The summed E-state index contributed by atoms with van der Waals surface area (Å²) in [7, 11) is -1.88. The molecule has 0 aliphatic heterocycles. The van der Waals surface area contributed by atoms with Crippen molar-refractivity contribution in [1.29, 1.82) is 0 Å². The molecule has 0 N–H and O–H groups in total. The van der Waals surface area contributed by atoms with Crippen LogP contribution in [0.1, 0.15) is 12.2 Å². The second-order valence-corrected chi connectivity index (χ2v) is 8.16. The van der Waals surface area contributed by atoms with Crippen LogP contribution in [0.2, 0.25) is 0 Å². The van der Waals surface area contributed by atoms with Gasteiger partial charge in [0.1, 0.15) is 5.69 Å². The van der Waals surface area contributed by atoms with E-state index >= 15 is 0 Å².